The molecule has 0 aliphatic rings. The van der Waals surface area contributed by atoms with Crippen LogP contribution in [0.15, 0.2) is 36.7 Å². The Hall–Kier alpha value is -2.34. The molecule has 1 aromatic carbocycles. The van der Waals surface area contributed by atoms with Gasteiger partial charge in [0.2, 0.25) is 5.91 Å². The average Bonchev–Trinajstić information content (AvgIpc) is 2.86. The van der Waals surface area contributed by atoms with E-state index in [1.165, 1.54) is 0 Å². The second-order valence-electron chi connectivity index (χ2n) is 3.96. The lowest BCUT2D eigenvalue weighted by Gasteiger charge is -2.09. The van der Waals surface area contributed by atoms with Crippen LogP contribution >= 0.6 is 0 Å². The highest BCUT2D eigenvalue weighted by atomic mass is 16.5. The van der Waals surface area contributed by atoms with Crippen LogP contribution in [0.3, 0.4) is 0 Å². The zero-order valence-electron chi connectivity index (χ0n) is 10.7. The molecule has 0 radical (unpaired) electrons. The molecule has 0 aliphatic heterocycles. The van der Waals surface area contributed by atoms with Crippen molar-refractivity contribution in [1.82, 2.24) is 9.55 Å². The molecular weight excluding hydrogens is 244 g/mol. The fourth-order valence-corrected chi connectivity index (χ4v) is 1.73. The minimum atomic E-state index is -0.138. The van der Waals surface area contributed by atoms with Gasteiger partial charge in [0.15, 0.2) is 0 Å². The molecule has 19 heavy (non-hydrogen) atoms. The maximum atomic E-state index is 11.9. The lowest BCUT2D eigenvalue weighted by Crippen LogP contribution is -2.20. The predicted molar refractivity (Wildman–Crippen MR) is 71.7 cm³/mol. The summed E-state index contributed by atoms with van der Waals surface area (Å²) in [7, 11) is 1.58. The second kappa shape index (κ2) is 6.01. The molecule has 1 amide bonds. The number of rotatable bonds is 5. The maximum Gasteiger partial charge on any atom is 0.244 e. The number of imidazole rings is 1. The van der Waals surface area contributed by atoms with Gasteiger partial charge in [0.25, 0.3) is 0 Å². The lowest BCUT2D eigenvalue weighted by atomic mass is 10.3. The molecule has 0 unspecified atom stereocenters. The molecule has 0 bridgehead atoms. The molecule has 1 aromatic heterocycles. The smallest absolute Gasteiger partial charge is 0.244 e. The van der Waals surface area contributed by atoms with Crippen LogP contribution in [0.4, 0.5) is 5.69 Å². The van der Waals surface area contributed by atoms with Crippen LogP contribution in [-0.4, -0.2) is 22.6 Å². The standard InChI is InChI=1S/C13H16N4O2/c1-19-11-4-2-3-10(7-11)16-13(18)9-17-6-5-15-12(17)8-14/h2-7H,8-9,14H2,1H3,(H,16,18). The monoisotopic (exact) mass is 260 g/mol. The number of carbonyl (C=O) groups is 1. The number of nitrogens with zero attached hydrogens (tertiary/aromatic N) is 2. The van der Waals surface area contributed by atoms with Crippen molar-refractivity contribution < 1.29 is 9.53 Å². The fraction of sp³-hybridized carbons (Fsp3) is 0.231. The molecule has 2 aromatic rings. The summed E-state index contributed by atoms with van der Waals surface area (Å²) >= 11 is 0. The number of aromatic nitrogens is 2. The van der Waals surface area contributed by atoms with E-state index in [2.05, 4.69) is 10.3 Å². The molecule has 100 valence electrons. The molecule has 0 fully saturated rings. The fourth-order valence-electron chi connectivity index (χ4n) is 1.73. The van der Waals surface area contributed by atoms with Crippen molar-refractivity contribution in [2.45, 2.75) is 13.1 Å². The number of ether oxygens (including phenoxy) is 1. The summed E-state index contributed by atoms with van der Waals surface area (Å²) in [6, 6.07) is 7.20. The Morgan fingerprint density at radius 1 is 1.53 bits per heavy atom. The predicted octanol–water partition coefficient (Wildman–Crippen LogP) is 0.989. The molecule has 6 heteroatoms. The minimum absolute atomic E-state index is 0.138. The van der Waals surface area contributed by atoms with Gasteiger partial charge in [0.1, 0.15) is 18.1 Å². The number of nitrogens with one attached hydrogen (secondary N) is 1. The number of methoxy groups -OCH3 is 1. The molecule has 6 nitrogen and oxygen atoms in total. The zero-order chi connectivity index (χ0) is 13.7. The molecule has 0 atom stereocenters. The molecule has 3 N–H and O–H groups in total. The average molecular weight is 260 g/mol. The van der Waals surface area contributed by atoms with Crippen molar-refractivity contribution in [2.24, 2.45) is 5.73 Å². The van der Waals surface area contributed by atoms with Crippen LogP contribution in [0.2, 0.25) is 0 Å². The summed E-state index contributed by atoms with van der Waals surface area (Å²) in [5.41, 5.74) is 6.22. The molecular formula is C13H16N4O2. The van der Waals surface area contributed by atoms with E-state index in [-0.39, 0.29) is 12.5 Å². The first-order valence-corrected chi connectivity index (χ1v) is 5.87. The summed E-state index contributed by atoms with van der Waals surface area (Å²) in [6.45, 7) is 0.489. The van der Waals surface area contributed by atoms with Gasteiger partial charge in [-0.15, -0.1) is 0 Å². The normalized spacial score (nSPS) is 10.2. The van der Waals surface area contributed by atoms with Crippen molar-refractivity contribution >= 4 is 11.6 Å². The van der Waals surface area contributed by atoms with Crippen molar-refractivity contribution in [3.8, 4) is 5.75 Å². The number of amides is 1. The molecule has 0 aliphatic carbocycles. The van der Waals surface area contributed by atoms with Gasteiger partial charge in [-0.3, -0.25) is 4.79 Å². The molecule has 0 saturated carbocycles. The highest BCUT2D eigenvalue weighted by Gasteiger charge is 2.07. The Kier molecular flexibility index (Phi) is 4.15. The largest absolute Gasteiger partial charge is 0.497 e. The van der Waals surface area contributed by atoms with Crippen LogP contribution in [0.25, 0.3) is 0 Å². The molecule has 2 rings (SSSR count). The Balaban J connectivity index is 2.01. The maximum absolute atomic E-state index is 11.9. The van der Waals surface area contributed by atoms with Crippen LogP contribution in [0, 0.1) is 0 Å². The quantitative estimate of drug-likeness (QED) is 0.840. The first-order valence-electron chi connectivity index (χ1n) is 5.87. The van der Waals surface area contributed by atoms with Crippen molar-refractivity contribution in [1.29, 1.82) is 0 Å². The van der Waals surface area contributed by atoms with Gasteiger partial charge in [-0.1, -0.05) is 6.07 Å². The highest BCUT2D eigenvalue weighted by molar-refractivity contribution is 5.90. The number of benzene rings is 1. The summed E-state index contributed by atoms with van der Waals surface area (Å²) in [4.78, 5) is 16.0. The van der Waals surface area contributed by atoms with Gasteiger partial charge in [-0.05, 0) is 12.1 Å². The number of hydrogen-bond acceptors (Lipinski definition) is 4. The van der Waals surface area contributed by atoms with Gasteiger partial charge < -0.3 is 20.4 Å². The van der Waals surface area contributed by atoms with E-state index in [4.69, 9.17) is 10.5 Å². The van der Waals surface area contributed by atoms with E-state index in [1.54, 1.807) is 36.2 Å². The van der Waals surface area contributed by atoms with E-state index < -0.39 is 0 Å². The van der Waals surface area contributed by atoms with E-state index in [9.17, 15) is 4.79 Å². The van der Waals surface area contributed by atoms with E-state index in [1.807, 2.05) is 12.1 Å². The van der Waals surface area contributed by atoms with Gasteiger partial charge in [-0.25, -0.2) is 4.98 Å². The van der Waals surface area contributed by atoms with Crippen molar-refractivity contribution in [2.75, 3.05) is 12.4 Å². The Morgan fingerprint density at radius 3 is 3.11 bits per heavy atom. The Bertz CT molecular complexity index is 565. The summed E-state index contributed by atoms with van der Waals surface area (Å²) in [5.74, 6) is 1.24. The van der Waals surface area contributed by atoms with Gasteiger partial charge in [0.05, 0.1) is 13.7 Å². The third-order valence-electron chi connectivity index (χ3n) is 2.65. The van der Waals surface area contributed by atoms with Crippen LogP contribution in [0.1, 0.15) is 5.82 Å². The zero-order valence-corrected chi connectivity index (χ0v) is 10.7. The summed E-state index contributed by atoms with van der Waals surface area (Å²) < 4.78 is 6.81. The van der Waals surface area contributed by atoms with Crippen LogP contribution < -0.4 is 15.8 Å². The third-order valence-corrected chi connectivity index (χ3v) is 2.65. The van der Waals surface area contributed by atoms with Gasteiger partial charge in [-0.2, -0.15) is 0 Å². The Labute approximate surface area is 111 Å². The number of carbonyl (C=O) groups excluding carboxylic acids is 1. The number of hydrogen-bond donors (Lipinski definition) is 2. The Morgan fingerprint density at radius 2 is 2.37 bits per heavy atom. The SMILES string of the molecule is COc1cccc(NC(=O)Cn2ccnc2CN)c1. The summed E-state index contributed by atoms with van der Waals surface area (Å²) in [5, 5.41) is 2.80. The van der Waals surface area contributed by atoms with E-state index in [0.717, 1.165) is 0 Å². The van der Waals surface area contributed by atoms with Crippen LogP contribution in [-0.2, 0) is 17.9 Å². The first-order chi connectivity index (χ1) is 9.22. The van der Waals surface area contributed by atoms with E-state index >= 15 is 0 Å². The number of anilines is 1. The summed E-state index contributed by atoms with van der Waals surface area (Å²) in [6.07, 6.45) is 3.36. The molecule has 0 saturated heterocycles. The molecule has 0 spiro atoms. The third kappa shape index (κ3) is 3.32. The lowest BCUT2D eigenvalue weighted by molar-refractivity contribution is -0.116. The molecule has 1 heterocycles. The topological polar surface area (TPSA) is 82.2 Å². The minimum Gasteiger partial charge on any atom is -0.497 e. The van der Waals surface area contributed by atoms with Gasteiger partial charge >= 0.3 is 0 Å². The number of nitrogens with two attached hydrogens (primary N) is 1. The van der Waals surface area contributed by atoms with Crippen molar-refractivity contribution in [3.63, 3.8) is 0 Å². The highest BCUT2D eigenvalue weighted by Crippen LogP contribution is 2.16. The first kappa shape index (κ1) is 13.1. The van der Waals surface area contributed by atoms with Crippen LogP contribution in [0.5, 0.6) is 5.75 Å². The van der Waals surface area contributed by atoms with Crippen molar-refractivity contribution in [3.05, 3.63) is 42.5 Å². The van der Waals surface area contributed by atoms with E-state index in [0.29, 0.717) is 23.8 Å². The second-order valence-corrected chi connectivity index (χ2v) is 3.96. The van der Waals surface area contributed by atoms with Gasteiger partial charge in [0, 0.05) is 24.1 Å².